The number of fused-ring (bicyclic) bond motifs is 2. The quantitative estimate of drug-likeness (QED) is 0.736. The van der Waals surface area contributed by atoms with Gasteiger partial charge in [0.25, 0.3) is 0 Å². The minimum atomic E-state index is 0.159. The zero-order chi connectivity index (χ0) is 13.7. The van der Waals surface area contributed by atoms with Crippen LogP contribution in [0.5, 0.6) is 0 Å². The maximum Gasteiger partial charge on any atom is 0.192 e. The van der Waals surface area contributed by atoms with E-state index in [1.165, 1.54) is 6.39 Å². The molecule has 0 bridgehead atoms. The van der Waals surface area contributed by atoms with E-state index in [-0.39, 0.29) is 5.43 Å². The summed E-state index contributed by atoms with van der Waals surface area (Å²) in [6.45, 7) is 2.02. The van der Waals surface area contributed by atoms with Crippen molar-refractivity contribution in [3.63, 3.8) is 0 Å². The maximum atomic E-state index is 12.6. The Labute approximate surface area is 115 Å². The fraction of sp³-hybridized carbons (Fsp3) is 0.250. The number of rotatable bonds is 1. The van der Waals surface area contributed by atoms with E-state index in [4.69, 9.17) is 4.42 Å². The number of hydrogen-bond acceptors (Lipinski definition) is 3. The molecule has 2 aromatic heterocycles. The van der Waals surface area contributed by atoms with Crippen LogP contribution in [0.25, 0.3) is 22.2 Å². The Bertz CT molecular complexity index is 860. The zero-order valence-electron chi connectivity index (χ0n) is 11.2. The lowest BCUT2D eigenvalue weighted by Gasteiger charge is -2.08. The van der Waals surface area contributed by atoms with Crippen LogP contribution in [-0.4, -0.2) is 9.97 Å². The average molecular weight is 266 g/mol. The number of pyridine rings is 1. The van der Waals surface area contributed by atoms with Crippen LogP contribution < -0.4 is 5.43 Å². The second kappa shape index (κ2) is 4.07. The van der Waals surface area contributed by atoms with E-state index in [1.807, 2.05) is 19.1 Å². The lowest BCUT2D eigenvalue weighted by molar-refractivity contribution is 0.571. The van der Waals surface area contributed by atoms with E-state index in [1.54, 1.807) is 6.20 Å². The number of aromatic amines is 1. The van der Waals surface area contributed by atoms with Gasteiger partial charge >= 0.3 is 0 Å². The highest BCUT2D eigenvalue weighted by Crippen LogP contribution is 2.28. The molecule has 4 nitrogen and oxygen atoms in total. The van der Waals surface area contributed by atoms with Gasteiger partial charge in [-0.25, -0.2) is 4.98 Å². The predicted molar refractivity (Wildman–Crippen MR) is 76.8 cm³/mol. The monoisotopic (exact) mass is 266 g/mol. The van der Waals surface area contributed by atoms with E-state index in [0.717, 1.165) is 52.5 Å². The zero-order valence-corrected chi connectivity index (χ0v) is 11.2. The largest absolute Gasteiger partial charge is 0.444 e. The first-order valence-corrected chi connectivity index (χ1v) is 6.81. The van der Waals surface area contributed by atoms with Gasteiger partial charge in [0.15, 0.2) is 17.6 Å². The van der Waals surface area contributed by atoms with Gasteiger partial charge in [0, 0.05) is 27.7 Å². The highest BCUT2D eigenvalue weighted by atomic mass is 16.3. The Kier molecular flexibility index (Phi) is 2.33. The molecular weight excluding hydrogens is 252 g/mol. The van der Waals surface area contributed by atoms with E-state index < -0.39 is 0 Å². The van der Waals surface area contributed by atoms with E-state index in [2.05, 4.69) is 9.97 Å². The van der Waals surface area contributed by atoms with Gasteiger partial charge in [0.05, 0.1) is 6.20 Å². The summed E-state index contributed by atoms with van der Waals surface area (Å²) in [5.41, 5.74) is 5.13. The standard InChI is InChI=1S/C16H14N2O2/c1-9-5-14-12(6-11(9)15-7-17-8-20-15)16(19)10-3-2-4-13(10)18-14/h5-8H,2-4H2,1H3,(H,18,19). The van der Waals surface area contributed by atoms with Crippen LogP contribution in [0.3, 0.4) is 0 Å². The number of aromatic nitrogens is 2. The van der Waals surface area contributed by atoms with Crippen LogP contribution in [0.15, 0.2) is 33.9 Å². The van der Waals surface area contributed by atoms with Gasteiger partial charge in [-0.3, -0.25) is 4.79 Å². The third-order valence-corrected chi connectivity index (χ3v) is 4.08. The molecule has 20 heavy (non-hydrogen) atoms. The molecule has 1 aliphatic rings. The van der Waals surface area contributed by atoms with Crippen LogP contribution in [0.2, 0.25) is 0 Å². The molecule has 4 heteroatoms. The van der Waals surface area contributed by atoms with Crippen LogP contribution >= 0.6 is 0 Å². The molecule has 0 fully saturated rings. The molecule has 1 aliphatic carbocycles. The van der Waals surface area contributed by atoms with Crippen molar-refractivity contribution in [3.05, 3.63) is 51.8 Å². The normalized spacial score (nSPS) is 13.8. The third kappa shape index (κ3) is 1.54. The molecule has 1 aromatic carbocycles. The van der Waals surface area contributed by atoms with Gasteiger partial charge in [-0.05, 0) is 43.9 Å². The molecule has 4 rings (SSSR count). The highest BCUT2D eigenvalue weighted by molar-refractivity contribution is 5.86. The van der Waals surface area contributed by atoms with Crippen molar-refractivity contribution in [2.24, 2.45) is 0 Å². The molecule has 3 aromatic rings. The van der Waals surface area contributed by atoms with Gasteiger partial charge in [-0.15, -0.1) is 0 Å². The first-order valence-electron chi connectivity index (χ1n) is 6.81. The molecular formula is C16H14N2O2. The number of H-pyrrole nitrogens is 1. The molecule has 2 heterocycles. The number of nitrogens with one attached hydrogen (secondary N) is 1. The lowest BCUT2D eigenvalue weighted by atomic mass is 10.0. The summed E-state index contributed by atoms with van der Waals surface area (Å²) in [5, 5.41) is 0.739. The van der Waals surface area contributed by atoms with Crippen molar-refractivity contribution in [2.45, 2.75) is 26.2 Å². The minimum Gasteiger partial charge on any atom is -0.444 e. The Morgan fingerprint density at radius 1 is 1.30 bits per heavy atom. The summed E-state index contributed by atoms with van der Waals surface area (Å²) in [5.74, 6) is 0.698. The molecule has 0 aliphatic heterocycles. The second-order valence-corrected chi connectivity index (χ2v) is 5.34. The fourth-order valence-corrected chi connectivity index (χ4v) is 3.07. The van der Waals surface area contributed by atoms with E-state index >= 15 is 0 Å². The van der Waals surface area contributed by atoms with Crippen molar-refractivity contribution in [3.8, 4) is 11.3 Å². The Morgan fingerprint density at radius 2 is 2.20 bits per heavy atom. The van der Waals surface area contributed by atoms with Crippen LogP contribution in [0, 0.1) is 6.92 Å². The molecule has 0 unspecified atom stereocenters. The Balaban J connectivity index is 2.06. The van der Waals surface area contributed by atoms with Crippen LogP contribution in [-0.2, 0) is 12.8 Å². The molecule has 0 saturated heterocycles. The van der Waals surface area contributed by atoms with Gasteiger partial charge in [0.2, 0.25) is 0 Å². The van der Waals surface area contributed by atoms with Gasteiger partial charge in [-0.1, -0.05) is 0 Å². The second-order valence-electron chi connectivity index (χ2n) is 5.34. The number of hydrogen-bond donors (Lipinski definition) is 1. The predicted octanol–water partition coefficient (Wildman–Crippen LogP) is 2.98. The van der Waals surface area contributed by atoms with Crippen molar-refractivity contribution >= 4 is 10.9 Å². The summed E-state index contributed by atoms with van der Waals surface area (Å²) in [6, 6.07) is 3.94. The number of nitrogens with zero attached hydrogens (tertiary/aromatic N) is 1. The van der Waals surface area contributed by atoms with Gasteiger partial charge in [-0.2, -0.15) is 0 Å². The highest BCUT2D eigenvalue weighted by Gasteiger charge is 2.18. The van der Waals surface area contributed by atoms with Crippen molar-refractivity contribution < 1.29 is 4.42 Å². The first-order chi connectivity index (χ1) is 9.74. The third-order valence-electron chi connectivity index (χ3n) is 4.08. The van der Waals surface area contributed by atoms with Crippen molar-refractivity contribution in [1.82, 2.24) is 9.97 Å². The van der Waals surface area contributed by atoms with E-state index in [9.17, 15) is 4.79 Å². The summed E-state index contributed by atoms with van der Waals surface area (Å²) in [7, 11) is 0. The first kappa shape index (κ1) is 11.5. The van der Waals surface area contributed by atoms with Crippen molar-refractivity contribution in [1.29, 1.82) is 0 Å². The minimum absolute atomic E-state index is 0.159. The molecule has 0 radical (unpaired) electrons. The number of aryl methyl sites for hydroxylation is 2. The molecule has 0 atom stereocenters. The van der Waals surface area contributed by atoms with E-state index in [0.29, 0.717) is 5.76 Å². The summed E-state index contributed by atoms with van der Waals surface area (Å²) < 4.78 is 5.36. The van der Waals surface area contributed by atoms with Crippen LogP contribution in [0.4, 0.5) is 0 Å². The average Bonchev–Trinajstić information content (AvgIpc) is 3.08. The fourth-order valence-electron chi connectivity index (χ4n) is 3.07. The molecule has 1 N–H and O–H groups in total. The summed E-state index contributed by atoms with van der Waals surface area (Å²) in [6.07, 6.45) is 6.00. The van der Waals surface area contributed by atoms with Crippen molar-refractivity contribution in [2.75, 3.05) is 0 Å². The Morgan fingerprint density at radius 3 is 3.00 bits per heavy atom. The van der Waals surface area contributed by atoms with Crippen LogP contribution in [0.1, 0.15) is 23.2 Å². The SMILES string of the molecule is Cc1cc2[nH]c3c(c(=O)c2cc1-c1cnco1)CCC3. The van der Waals surface area contributed by atoms with Gasteiger partial charge in [0.1, 0.15) is 0 Å². The topological polar surface area (TPSA) is 58.9 Å². The molecule has 100 valence electrons. The number of oxazole rings is 1. The molecule has 0 amide bonds. The molecule has 0 saturated carbocycles. The lowest BCUT2D eigenvalue weighted by Crippen LogP contribution is -2.10. The summed E-state index contributed by atoms with van der Waals surface area (Å²) >= 11 is 0. The number of benzene rings is 1. The Hall–Kier alpha value is -2.36. The molecule has 0 spiro atoms. The summed E-state index contributed by atoms with van der Waals surface area (Å²) in [4.78, 5) is 19.9. The van der Waals surface area contributed by atoms with Gasteiger partial charge < -0.3 is 9.40 Å². The smallest absolute Gasteiger partial charge is 0.192 e. The maximum absolute atomic E-state index is 12.6.